The molecular weight excluding hydrogens is 302 g/mol. The van der Waals surface area contributed by atoms with Crippen molar-refractivity contribution in [3.8, 4) is 0 Å². The van der Waals surface area contributed by atoms with Crippen molar-refractivity contribution in [3.05, 3.63) is 12.7 Å². The number of hydrogen-bond acceptors (Lipinski definition) is 6. The molecule has 0 aliphatic carbocycles. The van der Waals surface area contributed by atoms with Gasteiger partial charge in [-0.15, -0.1) is 0 Å². The zero-order valence-electron chi connectivity index (χ0n) is 13.4. The summed E-state index contributed by atoms with van der Waals surface area (Å²) in [5.74, 6) is -0.392. The van der Waals surface area contributed by atoms with Crippen LogP contribution in [0.2, 0.25) is 6.04 Å². The fraction of sp³-hybridized carbons (Fsp3) is 0.800. The number of ether oxygens (including phenoxy) is 1. The first-order valence-electron chi connectivity index (χ1n) is 8.15. The van der Waals surface area contributed by atoms with Crippen LogP contribution in [0.1, 0.15) is 26.2 Å². The summed E-state index contributed by atoms with van der Waals surface area (Å²) in [5.41, 5.74) is 0. The van der Waals surface area contributed by atoms with E-state index in [-0.39, 0.29) is 6.10 Å². The summed E-state index contributed by atoms with van der Waals surface area (Å²) in [6, 6.07) is 0.692. The Kier molecular flexibility index (Phi) is 7.03. The van der Waals surface area contributed by atoms with Gasteiger partial charge < -0.3 is 18.0 Å². The lowest BCUT2D eigenvalue weighted by Crippen LogP contribution is -2.57. The van der Waals surface area contributed by atoms with Crippen molar-refractivity contribution in [2.45, 2.75) is 38.3 Å². The van der Waals surface area contributed by atoms with Crippen LogP contribution in [0.5, 0.6) is 0 Å². The summed E-state index contributed by atoms with van der Waals surface area (Å²) in [7, 11) is -2.65. The predicted molar refractivity (Wildman–Crippen MR) is 84.5 cm³/mol. The Balaban J connectivity index is 1.93. The molecule has 0 spiro atoms. The van der Waals surface area contributed by atoms with Crippen LogP contribution in [-0.2, 0) is 22.8 Å². The lowest BCUT2D eigenvalue weighted by atomic mass is 10.2. The molecule has 0 saturated carbocycles. The van der Waals surface area contributed by atoms with Crippen LogP contribution in [-0.4, -0.2) is 65.2 Å². The summed E-state index contributed by atoms with van der Waals surface area (Å²) >= 11 is 0. The second-order valence-electron chi connectivity index (χ2n) is 5.68. The van der Waals surface area contributed by atoms with Gasteiger partial charge in [0.15, 0.2) is 0 Å². The Morgan fingerprint density at radius 3 is 2.77 bits per heavy atom. The van der Waals surface area contributed by atoms with Crippen LogP contribution in [0, 0.1) is 0 Å². The molecule has 0 radical (unpaired) electrons. The highest BCUT2D eigenvalue weighted by atomic mass is 28.4. The molecule has 0 aromatic carbocycles. The first-order chi connectivity index (χ1) is 10.7. The summed E-state index contributed by atoms with van der Waals surface area (Å²) in [6.45, 7) is 10.0. The number of fused-ring (bicyclic) bond motifs is 6. The minimum atomic E-state index is -2.65. The third kappa shape index (κ3) is 5.17. The Labute approximate surface area is 133 Å². The van der Waals surface area contributed by atoms with Gasteiger partial charge in [-0.05, 0) is 12.8 Å². The van der Waals surface area contributed by atoms with Gasteiger partial charge in [-0.3, -0.25) is 4.90 Å². The molecule has 126 valence electrons. The lowest BCUT2D eigenvalue weighted by molar-refractivity contribution is -0.137. The van der Waals surface area contributed by atoms with Crippen LogP contribution in [0.15, 0.2) is 12.7 Å². The third-order valence-corrected chi connectivity index (χ3v) is 6.86. The van der Waals surface area contributed by atoms with Crippen molar-refractivity contribution in [2.24, 2.45) is 0 Å². The number of nitrogens with zero attached hydrogens (tertiary/aromatic N) is 1. The van der Waals surface area contributed by atoms with Crippen molar-refractivity contribution in [1.82, 2.24) is 4.90 Å². The molecule has 3 rings (SSSR count). The van der Waals surface area contributed by atoms with E-state index in [4.69, 9.17) is 18.0 Å². The SMILES string of the molecule is C=CC(=O)OCCC[Si]12OCCN(CCO1)CC(CCC)O2. The molecule has 0 aromatic heterocycles. The minimum Gasteiger partial charge on any atom is -0.463 e. The van der Waals surface area contributed by atoms with Crippen LogP contribution < -0.4 is 0 Å². The van der Waals surface area contributed by atoms with E-state index in [0.717, 1.165) is 32.5 Å². The lowest BCUT2D eigenvalue weighted by Gasteiger charge is -2.41. The van der Waals surface area contributed by atoms with Gasteiger partial charge in [-0.25, -0.2) is 4.79 Å². The van der Waals surface area contributed by atoms with Gasteiger partial charge >= 0.3 is 14.8 Å². The predicted octanol–water partition coefficient (Wildman–Crippen LogP) is 1.59. The molecule has 3 aliphatic heterocycles. The maximum atomic E-state index is 11.1. The van der Waals surface area contributed by atoms with Crippen LogP contribution in [0.3, 0.4) is 0 Å². The smallest absolute Gasteiger partial charge is 0.463 e. The molecule has 1 atom stereocenters. The molecule has 3 aliphatic rings. The molecule has 22 heavy (non-hydrogen) atoms. The summed E-state index contributed by atoms with van der Waals surface area (Å²) < 4.78 is 23.4. The van der Waals surface area contributed by atoms with Crippen molar-refractivity contribution >= 4 is 14.8 Å². The number of carbonyl (C=O) groups excluding carboxylic acids is 1. The van der Waals surface area contributed by atoms with Crippen LogP contribution >= 0.6 is 0 Å². The average molecular weight is 329 g/mol. The van der Waals surface area contributed by atoms with Gasteiger partial charge in [0.05, 0.1) is 25.9 Å². The van der Waals surface area contributed by atoms with Crippen molar-refractivity contribution < 1.29 is 22.8 Å². The van der Waals surface area contributed by atoms with E-state index >= 15 is 0 Å². The van der Waals surface area contributed by atoms with E-state index in [1.165, 1.54) is 6.08 Å². The highest BCUT2D eigenvalue weighted by Crippen LogP contribution is 2.26. The van der Waals surface area contributed by atoms with Crippen molar-refractivity contribution in [2.75, 3.05) is 39.5 Å². The normalized spacial score (nSPS) is 31.9. The molecular formula is C15H27NO5Si. The zero-order chi connectivity index (χ0) is 15.8. The molecule has 3 fully saturated rings. The fourth-order valence-corrected chi connectivity index (χ4v) is 5.55. The Bertz CT molecular complexity index is 369. The second-order valence-corrected chi connectivity index (χ2v) is 8.36. The first-order valence-corrected chi connectivity index (χ1v) is 10.1. The topological polar surface area (TPSA) is 57.2 Å². The molecule has 0 N–H and O–H groups in total. The maximum Gasteiger partial charge on any atom is 0.501 e. The van der Waals surface area contributed by atoms with Crippen LogP contribution in [0.25, 0.3) is 0 Å². The number of esters is 1. The van der Waals surface area contributed by atoms with Crippen LogP contribution in [0.4, 0.5) is 0 Å². The minimum absolute atomic E-state index is 0.174. The van der Waals surface area contributed by atoms with Gasteiger partial charge in [0, 0.05) is 31.8 Å². The molecule has 3 saturated heterocycles. The summed E-state index contributed by atoms with van der Waals surface area (Å²) in [4.78, 5) is 13.4. The standard InChI is InChI=1S/C15H27NO5Si/c1-3-6-14-13-16-7-10-19-22(21-14,20-11-8-16)12-5-9-18-15(17)4-2/h4,14H,2-3,5-13H2,1H3. The largest absolute Gasteiger partial charge is 0.501 e. The van der Waals surface area contributed by atoms with E-state index in [1.807, 2.05) is 0 Å². The molecule has 0 aromatic rings. The zero-order valence-corrected chi connectivity index (χ0v) is 14.4. The highest BCUT2D eigenvalue weighted by molar-refractivity contribution is 6.60. The van der Waals surface area contributed by atoms with Gasteiger partial charge in [0.1, 0.15) is 0 Å². The quantitative estimate of drug-likeness (QED) is 0.306. The Morgan fingerprint density at radius 2 is 2.14 bits per heavy atom. The van der Waals surface area contributed by atoms with Gasteiger partial charge in [-0.2, -0.15) is 0 Å². The Hall–Kier alpha value is -0.733. The number of carbonyl (C=O) groups is 1. The second kappa shape index (κ2) is 8.78. The van der Waals surface area contributed by atoms with Gasteiger partial charge in [0.25, 0.3) is 0 Å². The molecule has 0 amide bonds. The average Bonchev–Trinajstić information content (AvgIpc) is 2.45. The molecule has 1 unspecified atom stereocenters. The molecule has 6 nitrogen and oxygen atoms in total. The highest BCUT2D eigenvalue weighted by Gasteiger charge is 2.45. The van der Waals surface area contributed by atoms with Crippen molar-refractivity contribution in [3.63, 3.8) is 0 Å². The van der Waals surface area contributed by atoms with E-state index in [9.17, 15) is 4.79 Å². The summed E-state index contributed by atoms with van der Waals surface area (Å²) in [6.07, 6.45) is 4.14. The monoisotopic (exact) mass is 329 g/mol. The van der Waals surface area contributed by atoms with E-state index in [1.54, 1.807) is 0 Å². The number of rotatable bonds is 7. The molecule has 3 heterocycles. The van der Waals surface area contributed by atoms with E-state index < -0.39 is 14.8 Å². The van der Waals surface area contributed by atoms with Crippen molar-refractivity contribution in [1.29, 1.82) is 0 Å². The molecule has 7 heteroatoms. The summed E-state index contributed by atoms with van der Waals surface area (Å²) in [5, 5.41) is 0. The van der Waals surface area contributed by atoms with Gasteiger partial charge in [-0.1, -0.05) is 19.9 Å². The molecule has 2 bridgehead atoms. The third-order valence-electron chi connectivity index (χ3n) is 3.92. The maximum absolute atomic E-state index is 11.1. The van der Waals surface area contributed by atoms with Gasteiger partial charge in [0.2, 0.25) is 0 Å². The fourth-order valence-electron chi connectivity index (χ4n) is 2.84. The van der Waals surface area contributed by atoms with E-state index in [2.05, 4.69) is 18.4 Å². The first kappa shape index (κ1) is 17.6. The number of hydrogen-bond donors (Lipinski definition) is 0. The Morgan fingerprint density at radius 1 is 1.41 bits per heavy atom. The van der Waals surface area contributed by atoms with E-state index in [0.29, 0.717) is 32.3 Å².